The monoisotopic (exact) mass is 366 g/mol. The van der Waals surface area contributed by atoms with Crippen LogP contribution in [0.5, 0.6) is 0 Å². The van der Waals surface area contributed by atoms with Gasteiger partial charge in [0.2, 0.25) is 0 Å². The van der Waals surface area contributed by atoms with Crippen molar-refractivity contribution in [3.05, 3.63) is 47.9 Å². The van der Waals surface area contributed by atoms with Crippen molar-refractivity contribution in [2.45, 2.75) is 39.7 Å². The molecule has 0 aliphatic rings. The van der Waals surface area contributed by atoms with Crippen molar-refractivity contribution in [3.63, 3.8) is 0 Å². The predicted molar refractivity (Wildman–Crippen MR) is 106 cm³/mol. The minimum Gasteiger partial charge on any atom is -0.344 e. The molecule has 0 saturated heterocycles. The lowest BCUT2D eigenvalue weighted by Crippen LogP contribution is -2.52. The fourth-order valence-corrected chi connectivity index (χ4v) is 3.45. The second kappa shape index (κ2) is 7.44. The van der Waals surface area contributed by atoms with Crippen LogP contribution in [0.3, 0.4) is 0 Å². The number of benzene rings is 1. The van der Waals surface area contributed by atoms with Crippen molar-refractivity contribution < 1.29 is 4.79 Å². The number of aromatic nitrogens is 4. The fraction of sp³-hybridized carbons (Fsp3) is 0.400. The van der Waals surface area contributed by atoms with Gasteiger partial charge in [-0.15, -0.1) is 5.10 Å². The van der Waals surface area contributed by atoms with Gasteiger partial charge in [-0.05, 0) is 38.3 Å². The number of carbonyl (C=O) groups excluding carboxylic acids is 1. The number of carbonyl (C=O) groups is 1. The third kappa shape index (κ3) is 3.83. The number of pyridine rings is 1. The summed E-state index contributed by atoms with van der Waals surface area (Å²) in [6.45, 7) is 8.36. The SMILES string of the molecule is Cc1c(C(=O)NC(C)(CN)CC(C)C)nnn1-c1cccc2cccnc12. The van der Waals surface area contributed by atoms with Gasteiger partial charge in [0.1, 0.15) is 0 Å². The molecule has 1 aromatic carbocycles. The van der Waals surface area contributed by atoms with Gasteiger partial charge >= 0.3 is 0 Å². The van der Waals surface area contributed by atoms with Crippen LogP contribution < -0.4 is 11.1 Å². The average molecular weight is 366 g/mol. The highest BCUT2D eigenvalue weighted by atomic mass is 16.2. The van der Waals surface area contributed by atoms with Crippen LogP contribution in [-0.4, -0.2) is 38.0 Å². The molecule has 27 heavy (non-hydrogen) atoms. The normalized spacial score (nSPS) is 13.7. The average Bonchev–Trinajstić information content (AvgIpc) is 3.02. The summed E-state index contributed by atoms with van der Waals surface area (Å²) in [5, 5.41) is 12.4. The summed E-state index contributed by atoms with van der Waals surface area (Å²) >= 11 is 0. The maximum atomic E-state index is 12.8. The molecular weight excluding hydrogens is 340 g/mol. The molecule has 0 saturated carbocycles. The van der Waals surface area contributed by atoms with Crippen LogP contribution in [0.25, 0.3) is 16.6 Å². The van der Waals surface area contributed by atoms with Crippen molar-refractivity contribution in [1.82, 2.24) is 25.3 Å². The first-order valence-corrected chi connectivity index (χ1v) is 9.13. The van der Waals surface area contributed by atoms with Crippen molar-refractivity contribution in [3.8, 4) is 5.69 Å². The van der Waals surface area contributed by atoms with Crippen LogP contribution >= 0.6 is 0 Å². The molecule has 1 atom stereocenters. The maximum absolute atomic E-state index is 12.8. The van der Waals surface area contributed by atoms with E-state index in [4.69, 9.17) is 5.73 Å². The first-order chi connectivity index (χ1) is 12.8. The number of rotatable bonds is 6. The van der Waals surface area contributed by atoms with E-state index in [1.807, 2.05) is 44.2 Å². The van der Waals surface area contributed by atoms with E-state index < -0.39 is 5.54 Å². The Morgan fingerprint density at radius 2 is 2.04 bits per heavy atom. The van der Waals surface area contributed by atoms with E-state index in [2.05, 4.69) is 34.5 Å². The van der Waals surface area contributed by atoms with Gasteiger partial charge in [0, 0.05) is 18.1 Å². The zero-order chi connectivity index (χ0) is 19.6. The lowest BCUT2D eigenvalue weighted by Gasteiger charge is -2.30. The molecule has 0 aliphatic heterocycles. The molecule has 0 fully saturated rings. The van der Waals surface area contributed by atoms with E-state index in [0.717, 1.165) is 23.0 Å². The van der Waals surface area contributed by atoms with Crippen LogP contribution in [0.2, 0.25) is 0 Å². The summed E-state index contributed by atoms with van der Waals surface area (Å²) in [5.74, 6) is 0.151. The number of nitrogens with one attached hydrogen (secondary N) is 1. The molecule has 1 unspecified atom stereocenters. The Labute approximate surface area is 159 Å². The topological polar surface area (TPSA) is 98.7 Å². The van der Waals surface area contributed by atoms with E-state index >= 15 is 0 Å². The largest absolute Gasteiger partial charge is 0.344 e. The van der Waals surface area contributed by atoms with Crippen LogP contribution in [0.4, 0.5) is 0 Å². The molecule has 3 N–H and O–H groups in total. The number of fused-ring (bicyclic) bond motifs is 1. The van der Waals surface area contributed by atoms with Crippen molar-refractivity contribution in [1.29, 1.82) is 0 Å². The Kier molecular flexibility index (Phi) is 5.23. The standard InChI is InChI=1S/C20H26N6O/c1-13(2)11-20(4,12-21)23-19(27)17-14(3)26(25-24-17)16-9-5-7-15-8-6-10-22-18(15)16/h5-10,13H,11-12,21H2,1-4H3,(H,23,27). The highest BCUT2D eigenvalue weighted by Crippen LogP contribution is 2.22. The number of amides is 1. The van der Waals surface area contributed by atoms with E-state index in [9.17, 15) is 4.79 Å². The van der Waals surface area contributed by atoms with Crippen LogP contribution in [0.1, 0.15) is 43.4 Å². The second-order valence-corrected chi connectivity index (χ2v) is 7.60. The Bertz CT molecular complexity index is 959. The summed E-state index contributed by atoms with van der Waals surface area (Å²) in [6.07, 6.45) is 2.53. The molecule has 142 valence electrons. The minimum absolute atomic E-state index is 0.263. The third-order valence-corrected chi connectivity index (χ3v) is 4.67. The quantitative estimate of drug-likeness (QED) is 0.699. The first-order valence-electron chi connectivity index (χ1n) is 9.13. The molecule has 7 heteroatoms. The minimum atomic E-state index is -0.484. The molecule has 1 amide bonds. The smallest absolute Gasteiger partial charge is 0.274 e. The molecule has 3 rings (SSSR count). The van der Waals surface area contributed by atoms with Crippen LogP contribution in [-0.2, 0) is 0 Å². The van der Waals surface area contributed by atoms with Crippen molar-refractivity contribution in [2.75, 3.05) is 6.54 Å². The van der Waals surface area contributed by atoms with Gasteiger partial charge in [-0.2, -0.15) is 0 Å². The zero-order valence-corrected chi connectivity index (χ0v) is 16.2. The van der Waals surface area contributed by atoms with Crippen LogP contribution in [0, 0.1) is 12.8 Å². The Morgan fingerprint density at radius 3 is 2.74 bits per heavy atom. The zero-order valence-electron chi connectivity index (χ0n) is 16.2. The molecule has 3 aromatic rings. The summed E-state index contributed by atoms with van der Waals surface area (Å²) in [6, 6.07) is 9.73. The van der Waals surface area contributed by atoms with E-state index in [-0.39, 0.29) is 5.91 Å². The second-order valence-electron chi connectivity index (χ2n) is 7.60. The van der Waals surface area contributed by atoms with Gasteiger partial charge in [0.25, 0.3) is 5.91 Å². The molecule has 2 aromatic heterocycles. The van der Waals surface area contributed by atoms with Crippen molar-refractivity contribution in [2.24, 2.45) is 11.7 Å². The van der Waals surface area contributed by atoms with Crippen LogP contribution in [0.15, 0.2) is 36.5 Å². The van der Waals surface area contributed by atoms with Gasteiger partial charge in [0.05, 0.1) is 22.4 Å². The number of nitrogens with zero attached hydrogens (tertiary/aromatic N) is 4. The lowest BCUT2D eigenvalue weighted by molar-refractivity contribution is 0.0892. The van der Waals surface area contributed by atoms with Gasteiger partial charge in [-0.1, -0.05) is 37.3 Å². The lowest BCUT2D eigenvalue weighted by atomic mass is 9.90. The highest BCUT2D eigenvalue weighted by molar-refractivity contribution is 5.94. The summed E-state index contributed by atoms with van der Waals surface area (Å²) in [7, 11) is 0. The Balaban J connectivity index is 1.94. The summed E-state index contributed by atoms with van der Waals surface area (Å²) < 4.78 is 1.66. The van der Waals surface area contributed by atoms with E-state index in [1.165, 1.54) is 0 Å². The number of nitrogens with two attached hydrogens (primary N) is 1. The number of para-hydroxylation sites is 1. The highest BCUT2D eigenvalue weighted by Gasteiger charge is 2.29. The molecule has 0 bridgehead atoms. The molecule has 0 aliphatic carbocycles. The molecule has 2 heterocycles. The Morgan fingerprint density at radius 1 is 1.30 bits per heavy atom. The molecule has 0 radical (unpaired) electrons. The fourth-order valence-electron chi connectivity index (χ4n) is 3.45. The maximum Gasteiger partial charge on any atom is 0.274 e. The summed E-state index contributed by atoms with van der Waals surface area (Å²) in [4.78, 5) is 17.3. The predicted octanol–water partition coefficient (Wildman–Crippen LogP) is 2.62. The van der Waals surface area contributed by atoms with Gasteiger partial charge < -0.3 is 11.1 Å². The first kappa shape index (κ1) is 19.0. The van der Waals surface area contributed by atoms with Crippen molar-refractivity contribution >= 4 is 16.8 Å². The number of hydrogen-bond donors (Lipinski definition) is 2. The van der Waals surface area contributed by atoms with E-state index in [1.54, 1.807) is 10.9 Å². The Hall–Kier alpha value is -2.80. The third-order valence-electron chi connectivity index (χ3n) is 4.67. The summed E-state index contributed by atoms with van der Waals surface area (Å²) in [5.41, 5.74) is 7.99. The molecule has 7 nitrogen and oxygen atoms in total. The molecular formula is C20H26N6O. The van der Waals surface area contributed by atoms with Gasteiger partial charge in [-0.25, -0.2) is 4.68 Å². The van der Waals surface area contributed by atoms with Gasteiger partial charge in [-0.3, -0.25) is 9.78 Å². The molecule has 0 spiro atoms. The van der Waals surface area contributed by atoms with Gasteiger partial charge in [0.15, 0.2) is 5.69 Å². The number of hydrogen-bond acceptors (Lipinski definition) is 5. The van der Waals surface area contributed by atoms with E-state index in [0.29, 0.717) is 23.9 Å².